The maximum atomic E-state index is 4.58. The minimum absolute atomic E-state index is 0.633. The second-order valence-electron chi connectivity index (χ2n) is 6.59. The van der Waals surface area contributed by atoms with Crippen LogP contribution in [0.4, 0.5) is 0 Å². The molecule has 0 spiro atoms. The van der Waals surface area contributed by atoms with Crippen LogP contribution in [0.2, 0.25) is 0 Å². The van der Waals surface area contributed by atoms with Crippen molar-refractivity contribution in [1.82, 2.24) is 20.5 Å². The first-order valence-electron chi connectivity index (χ1n) is 9.25. The normalized spacial score (nSPS) is 19.5. The molecule has 0 amide bonds. The van der Waals surface area contributed by atoms with Crippen LogP contribution in [-0.2, 0) is 6.54 Å². The van der Waals surface area contributed by atoms with Gasteiger partial charge < -0.3 is 10.6 Å². The largest absolute Gasteiger partial charge is 0.355 e. The molecule has 0 saturated carbocycles. The van der Waals surface area contributed by atoms with Gasteiger partial charge in [0.25, 0.3) is 0 Å². The van der Waals surface area contributed by atoms with Crippen molar-refractivity contribution in [3.63, 3.8) is 0 Å². The Kier molecular flexibility index (Phi) is 7.99. The molecule has 0 radical (unpaired) electrons. The Balaban J connectivity index is 1.79. The van der Waals surface area contributed by atoms with Crippen LogP contribution in [0.5, 0.6) is 0 Å². The molecule has 2 N–H and O–H groups in total. The highest BCUT2D eigenvalue weighted by Crippen LogP contribution is 2.17. The molecule has 6 heteroatoms. The number of aromatic nitrogens is 1. The average molecular weight is 352 g/mol. The molecule has 24 heavy (non-hydrogen) atoms. The van der Waals surface area contributed by atoms with Crippen molar-refractivity contribution in [1.29, 1.82) is 0 Å². The maximum Gasteiger partial charge on any atom is 0.191 e. The fraction of sp³-hybridized carbons (Fsp3) is 0.778. The Bertz CT molecular complexity index is 506. The fourth-order valence-corrected chi connectivity index (χ4v) is 4.03. The van der Waals surface area contributed by atoms with Crippen molar-refractivity contribution in [2.24, 2.45) is 4.99 Å². The number of aryl methyl sites for hydroxylation is 2. The molecular weight excluding hydrogens is 318 g/mol. The van der Waals surface area contributed by atoms with Crippen LogP contribution in [0.3, 0.4) is 0 Å². The summed E-state index contributed by atoms with van der Waals surface area (Å²) in [6.07, 6.45) is 6.55. The quantitative estimate of drug-likeness (QED) is 0.585. The lowest BCUT2D eigenvalue weighted by Crippen LogP contribution is -2.49. The van der Waals surface area contributed by atoms with E-state index in [1.165, 1.54) is 50.1 Å². The minimum atomic E-state index is 0.633. The lowest BCUT2D eigenvalue weighted by atomic mass is 10.0. The highest BCUT2D eigenvalue weighted by molar-refractivity contribution is 7.11. The molecule has 1 atom stereocenters. The topological polar surface area (TPSA) is 52.5 Å². The number of piperidine rings is 1. The van der Waals surface area contributed by atoms with E-state index < -0.39 is 0 Å². The molecule has 0 aromatic carbocycles. The predicted molar refractivity (Wildman–Crippen MR) is 104 cm³/mol. The van der Waals surface area contributed by atoms with Crippen molar-refractivity contribution in [3.05, 3.63) is 15.6 Å². The zero-order valence-corrected chi connectivity index (χ0v) is 16.5. The highest BCUT2D eigenvalue weighted by atomic mass is 32.1. The first kappa shape index (κ1) is 19.2. The Hall–Kier alpha value is -1.14. The third-order valence-corrected chi connectivity index (χ3v) is 5.83. The van der Waals surface area contributed by atoms with Gasteiger partial charge in [0.15, 0.2) is 5.96 Å². The van der Waals surface area contributed by atoms with Crippen LogP contribution in [0.1, 0.15) is 54.6 Å². The lowest BCUT2D eigenvalue weighted by molar-refractivity contribution is 0.147. The summed E-state index contributed by atoms with van der Waals surface area (Å²) < 4.78 is 0. The smallest absolute Gasteiger partial charge is 0.191 e. The van der Waals surface area contributed by atoms with Gasteiger partial charge in [0.1, 0.15) is 5.01 Å². The van der Waals surface area contributed by atoms with Crippen LogP contribution >= 0.6 is 11.3 Å². The number of aliphatic imine (C=N–C) groups is 1. The Morgan fingerprint density at radius 1 is 1.33 bits per heavy atom. The van der Waals surface area contributed by atoms with Crippen molar-refractivity contribution >= 4 is 17.3 Å². The van der Waals surface area contributed by atoms with Gasteiger partial charge in [-0.3, -0.25) is 9.89 Å². The van der Waals surface area contributed by atoms with Gasteiger partial charge in [-0.25, -0.2) is 4.98 Å². The molecule has 2 heterocycles. The molecule has 1 unspecified atom stereocenters. The molecule has 1 fully saturated rings. The summed E-state index contributed by atoms with van der Waals surface area (Å²) in [7, 11) is 1.84. The number of hydrogen-bond acceptors (Lipinski definition) is 4. The fourth-order valence-electron chi connectivity index (χ4n) is 3.16. The molecule has 1 aromatic rings. The van der Waals surface area contributed by atoms with E-state index >= 15 is 0 Å². The zero-order chi connectivity index (χ0) is 17.4. The van der Waals surface area contributed by atoms with Crippen molar-refractivity contribution in [2.45, 2.75) is 65.5 Å². The first-order valence-corrected chi connectivity index (χ1v) is 10.1. The third kappa shape index (κ3) is 5.74. The van der Waals surface area contributed by atoms with Gasteiger partial charge in [-0.05, 0) is 46.2 Å². The molecule has 0 bridgehead atoms. The summed E-state index contributed by atoms with van der Waals surface area (Å²) >= 11 is 1.76. The standard InChI is InChI=1S/C18H33N5S/c1-5-6-10-23-11-8-7-9-16(23)12-20-18(19-4)21-13-17-22-14(2)15(3)24-17/h16H,5-13H2,1-4H3,(H2,19,20,21). The van der Waals surface area contributed by atoms with E-state index in [2.05, 4.69) is 46.3 Å². The van der Waals surface area contributed by atoms with Crippen molar-refractivity contribution in [2.75, 3.05) is 26.7 Å². The van der Waals surface area contributed by atoms with Gasteiger partial charge in [0.05, 0.1) is 12.2 Å². The predicted octanol–water partition coefficient (Wildman–Crippen LogP) is 3.08. The van der Waals surface area contributed by atoms with E-state index in [1.807, 2.05) is 7.05 Å². The molecule has 1 aliphatic heterocycles. The third-order valence-electron chi connectivity index (χ3n) is 4.76. The average Bonchev–Trinajstić information content (AvgIpc) is 2.92. The van der Waals surface area contributed by atoms with Crippen LogP contribution < -0.4 is 10.6 Å². The molecule has 136 valence electrons. The lowest BCUT2D eigenvalue weighted by Gasteiger charge is -2.36. The van der Waals surface area contributed by atoms with Crippen LogP contribution in [0.25, 0.3) is 0 Å². The number of rotatable bonds is 7. The van der Waals surface area contributed by atoms with E-state index in [4.69, 9.17) is 0 Å². The number of nitrogens with zero attached hydrogens (tertiary/aromatic N) is 3. The second-order valence-corrected chi connectivity index (χ2v) is 7.88. The van der Waals surface area contributed by atoms with Gasteiger partial charge in [-0.1, -0.05) is 19.8 Å². The van der Waals surface area contributed by atoms with Gasteiger partial charge >= 0.3 is 0 Å². The molecule has 5 nitrogen and oxygen atoms in total. The number of unbranched alkanes of at least 4 members (excludes halogenated alkanes) is 1. The number of thiazole rings is 1. The van der Waals surface area contributed by atoms with Crippen LogP contribution in [0, 0.1) is 13.8 Å². The Morgan fingerprint density at radius 3 is 2.83 bits per heavy atom. The molecular formula is C18H33N5S. The zero-order valence-electron chi connectivity index (χ0n) is 15.7. The molecule has 1 aromatic heterocycles. The number of likely N-dealkylation sites (tertiary alicyclic amines) is 1. The Morgan fingerprint density at radius 2 is 2.17 bits per heavy atom. The van der Waals surface area contributed by atoms with Crippen LogP contribution in [0.15, 0.2) is 4.99 Å². The molecule has 1 aliphatic rings. The maximum absolute atomic E-state index is 4.58. The van der Waals surface area contributed by atoms with Crippen LogP contribution in [-0.4, -0.2) is 48.6 Å². The Labute approximate surface area is 151 Å². The van der Waals surface area contributed by atoms with E-state index in [-0.39, 0.29) is 0 Å². The summed E-state index contributed by atoms with van der Waals surface area (Å²) in [6, 6.07) is 0.633. The van der Waals surface area contributed by atoms with E-state index in [0.29, 0.717) is 6.04 Å². The summed E-state index contributed by atoms with van der Waals surface area (Å²) in [5.41, 5.74) is 1.13. The minimum Gasteiger partial charge on any atom is -0.355 e. The van der Waals surface area contributed by atoms with Gasteiger partial charge in [-0.2, -0.15) is 0 Å². The summed E-state index contributed by atoms with van der Waals surface area (Å²) in [5, 5.41) is 8.02. The van der Waals surface area contributed by atoms with Gasteiger partial charge in [0.2, 0.25) is 0 Å². The van der Waals surface area contributed by atoms with E-state index in [9.17, 15) is 0 Å². The summed E-state index contributed by atoms with van der Waals surface area (Å²) in [6.45, 7) is 10.6. The number of guanidine groups is 1. The molecule has 2 rings (SSSR count). The van der Waals surface area contributed by atoms with Crippen molar-refractivity contribution in [3.8, 4) is 0 Å². The van der Waals surface area contributed by atoms with E-state index in [1.54, 1.807) is 11.3 Å². The number of hydrogen-bond donors (Lipinski definition) is 2. The highest BCUT2D eigenvalue weighted by Gasteiger charge is 2.21. The SMILES string of the molecule is CCCCN1CCCCC1CNC(=NC)NCc1nc(C)c(C)s1. The molecule has 0 aliphatic carbocycles. The second kappa shape index (κ2) is 9.99. The van der Waals surface area contributed by atoms with E-state index in [0.717, 1.165) is 29.8 Å². The molecule has 1 saturated heterocycles. The summed E-state index contributed by atoms with van der Waals surface area (Å²) in [5.74, 6) is 0.876. The first-order chi connectivity index (χ1) is 11.6. The number of nitrogens with one attached hydrogen (secondary N) is 2. The van der Waals surface area contributed by atoms with Crippen molar-refractivity contribution < 1.29 is 0 Å². The van der Waals surface area contributed by atoms with Gasteiger partial charge in [0, 0.05) is 24.5 Å². The monoisotopic (exact) mass is 351 g/mol. The summed E-state index contributed by atoms with van der Waals surface area (Å²) in [4.78, 5) is 12.9. The van der Waals surface area contributed by atoms with Gasteiger partial charge in [-0.15, -0.1) is 11.3 Å².